The molecule has 0 fully saturated rings. The number of amides is 1. The Balaban J connectivity index is 1.69. The second kappa shape index (κ2) is 7.02. The average molecular weight is 383 g/mol. The molecule has 1 aliphatic heterocycles. The monoisotopic (exact) mass is 383 g/mol. The minimum Gasteiger partial charge on any atom is -0.485 e. The van der Waals surface area contributed by atoms with Crippen LogP contribution in [0.2, 0.25) is 0 Å². The standard InChI is InChI=1S/C16H12F3N3O5/c17-16(18,19)9-5-6-10(11(7-9)22(24)25)20-21-15(23)14-8-26-12-3-1-2-4-13(12)27-14/h1-7,14,20H,8H2,(H,21,23)/t14-/m1/s1. The number of nitro groups is 1. The van der Waals surface area contributed by atoms with Gasteiger partial charge in [-0.1, -0.05) is 12.1 Å². The zero-order chi connectivity index (χ0) is 19.6. The predicted molar refractivity (Wildman–Crippen MR) is 86.2 cm³/mol. The minimum absolute atomic E-state index is 0.0976. The molecule has 27 heavy (non-hydrogen) atoms. The van der Waals surface area contributed by atoms with Crippen molar-refractivity contribution < 1.29 is 32.4 Å². The SMILES string of the molecule is O=C(NNc1ccc(C(F)(F)F)cc1[N+](=O)[O-])[C@H]1COc2ccccc2O1. The van der Waals surface area contributed by atoms with E-state index in [0.29, 0.717) is 23.6 Å². The smallest absolute Gasteiger partial charge is 0.416 e. The van der Waals surface area contributed by atoms with Crippen LogP contribution >= 0.6 is 0 Å². The summed E-state index contributed by atoms with van der Waals surface area (Å²) < 4.78 is 48.9. The number of nitrogens with one attached hydrogen (secondary N) is 2. The number of ether oxygens (including phenoxy) is 2. The number of hydrogen-bond acceptors (Lipinski definition) is 6. The largest absolute Gasteiger partial charge is 0.485 e. The fourth-order valence-electron chi connectivity index (χ4n) is 2.32. The van der Waals surface area contributed by atoms with E-state index in [-0.39, 0.29) is 12.3 Å². The Kier molecular flexibility index (Phi) is 4.75. The lowest BCUT2D eigenvalue weighted by molar-refractivity contribution is -0.384. The summed E-state index contributed by atoms with van der Waals surface area (Å²) in [5.74, 6) is 0.107. The van der Waals surface area contributed by atoms with Gasteiger partial charge in [-0.25, -0.2) is 0 Å². The molecule has 0 saturated heterocycles. The molecule has 2 aromatic carbocycles. The number of nitro benzene ring substituents is 1. The number of halogens is 3. The van der Waals surface area contributed by atoms with Gasteiger partial charge in [-0.2, -0.15) is 13.2 Å². The first-order chi connectivity index (χ1) is 12.8. The fraction of sp³-hybridized carbons (Fsp3) is 0.188. The lowest BCUT2D eigenvalue weighted by Crippen LogP contribution is -2.46. The topological polar surface area (TPSA) is 103 Å². The molecule has 2 N–H and O–H groups in total. The number of anilines is 1. The molecule has 11 heteroatoms. The van der Waals surface area contributed by atoms with Gasteiger partial charge in [-0.05, 0) is 24.3 Å². The first-order valence-electron chi connectivity index (χ1n) is 7.55. The van der Waals surface area contributed by atoms with E-state index in [9.17, 15) is 28.1 Å². The molecule has 3 rings (SSSR count). The molecule has 1 atom stereocenters. The third-order valence-electron chi connectivity index (χ3n) is 3.64. The molecule has 0 aliphatic carbocycles. The Hall–Kier alpha value is -3.50. The van der Waals surface area contributed by atoms with E-state index in [2.05, 4.69) is 10.9 Å². The molecule has 142 valence electrons. The van der Waals surface area contributed by atoms with Crippen LogP contribution in [0.15, 0.2) is 42.5 Å². The van der Waals surface area contributed by atoms with E-state index in [1.807, 2.05) is 0 Å². The highest BCUT2D eigenvalue weighted by Crippen LogP contribution is 2.35. The quantitative estimate of drug-likeness (QED) is 0.622. The Morgan fingerprint density at radius 1 is 1.19 bits per heavy atom. The summed E-state index contributed by atoms with van der Waals surface area (Å²) in [6.07, 6.45) is -5.77. The first-order valence-corrected chi connectivity index (χ1v) is 7.55. The van der Waals surface area contributed by atoms with Crippen molar-refractivity contribution in [2.45, 2.75) is 12.3 Å². The van der Waals surface area contributed by atoms with Gasteiger partial charge < -0.3 is 9.47 Å². The molecule has 0 unspecified atom stereocenters. The lowest BCUT2D eigenvalue weighted by atomic mass is 10.1. The van der Waals surface area contributed by atoms with Crippen LogP contribution < -0.4 is 20.3 Å². The molecule has 0 aromatic heterocycles. The maximum Gasteiger partial charge on any atom is 0.416 e. The number of para-hydroxylation sites is 2. The molecule has 0 bridgehead atoms. The number of carbonyl (C=O) groups excluding carboxylic acids is 1. The maximum atomic E-state index is 12.7. The molecular weight excluding hydrogens is 371 g/mol. The van der Waals surface area contributed by atoms with Gasteiger partial charge in [0.05, 0.1) is 10.5 Å². The van der Waals surface area contributed by atoms with Gasteiger partial charge in [0.2, 0.25) is 6.10 Å². The van der Waals surface area contributed by atoms with Crippen LogP contribution in [-0.2, 0) is 11.0 Å². The van der Waals surface area contributed by atoms with Crippen LogP contribution in [0.5, 0.6) is 11.5 Å². The highest BCUT2D eigenvalue weighted by atomic mass is 19.4. The van der Waals surface area contributed by atoms with Gasteiger partial charge in [0.15, 0.2) is 11.5 Å². The van der Waals surface area contributed by atoms with Crippen molar-refractivity contribution >= 4 is 17.3 Å². The van der Waals surface area contributed by atoms with Crippen molar-refractivity contribution in [1.82, 2.24) is 5.43 Å². The van der Waals surface area contributed by atoms with Crippen LogP contribution in [-0.4, -0.2) is 23.5 Å². The first kappa shape index (κ1) is 18.3. The summed E-state index contributed by atoms with van der Waals surface area (Å²) in [5.41, 5.74) is 2.11. The highest BCUT2D eigenvalue weighted by Gasteiger charge is 2.33. The molecule has 1 heterocycles. The maximum absolute atomic E-state index is 12.7. The van der Waals surface area contributed by atoms with Crippen molar-refractivity contribution in [3.63, 3.8) is 0 Å². The van der Waals surface area contributed by atoms with Gasteiger partial charge >= 0.3 is 6.18 Å². The molecule has 0 saturated carbocycles. The second-order valence-electron chi connectivity index (χ2n) is 5.47. The Morgan fingerprint density at radius 3 is 2.56 bits per heavy atom. The molecular formula is C16H12F3N3O5. The number of hydrazine groups is 1. The van der Waals surface area contributed by atoms with Gasteiger partial charge in [-0.15, -0.1) is 0 Å². The number of alkyl halides is 3. The number of rotatable bonds is 4. The van der Waals surface area contributed by atoms with Gasteiger partial charge in [-0.3, -0.25) is 25.8 Å². The Morgan fingerprint density at radius 2 is 1.89 bits per heavy atom. The van der Waals surface area contributed by atoms with Crippen LogP contribution in [0, 0.1) is 10.1 Å². The van der Waals surface area contributed by atoms with Crippen molar-refractivity contribution in [3.05, 3.63) is 58.1 Å². The number of benzene rings is 2. The van der Waals surface area contributed by atoms with E-state index >= 15 is 0 Å². The number of nitrogens with zero attached hydrogens (tertiary/aromatic N) is 1. The third kappa shape index (κ3) is 4.02. The molecule has 1 aliphatic rings. The van der Waals surface area contributed by atoms with Gasteiger partial charge in [0.1, 0.15) is 12.3 Å². The molecule has 2 aromatic rings. The zero-order valence-electron chi connectivity index (χ0n) is 13.4. The van der Waals surface area contributed by atoms with Crippen LogP contribution in [0.1, 0.15) is 5.56 Å². The summed E-state index contributed by atoms with van der Waals surface area (Å²) in [5, 5.41) is 11.0. The number of carbonyl (C=O) groups is 1. The summed E-state index contributed by atoms with van der Waals surface area (Å²) >= 11 is 0. The Bertz CT molecular complexity index is 888. The van der Waals surface area contributed by atoms with Crippen molar-refractivity contribution in [1.29, 1.82) is 0 Å². The summed E-state index contributed by atoms with van der Waals surface area (Å²) in [6, 6.07) is 8.58. The summed E-state index contributed by atoms with van der Waals surface area (Å²) in [6.45, 7) is -0.0976. The van der Waals surface area contributed by atoms with Crippen LogP contribution in [0.4, 0.5) is 24.5 Å². The molecule has 8 nitrogen and oxygen atoms in total. The van der Waals surface area contributed by atoms with Crippen molar-refractivity contribution in [2.75, 3.05) is 12.0 Å². The number of hydrogen-bond donors (Lipinski definition) is 2. The van der Waals surface area contributed by atoms with Crippen LogP contribution in [0.3, 0.4) is 0 Å². The van der Waals surface area contributed by atoms with Crippen molar-refractivity contribution in [3.8, 4) is 11.5 Å². The molecule has 0 spiro atoms. The van der Waals surface area contributed by atoms with Crippen LogP contribution in [0.25, 0.3) is 0 Å². The average Bonchev–Trinajstić information content (AvgIpc) is 2.64. The zero-order valence-corrected chi connectivity index (χ0v) is 13.4. The second-order valence-corrected chi connectivity index (χ2v) is 5.47. The number of fused-ring (bicyclic) bond motifs is 1. The lowest BCUT2D eigenvalue weighted by Gasteiger charge is -2.25. The third-order valence-corrected chi connectivity index (χ3v) is 3.64. The van der Waals surface area contributed by atoms with Gasteiger partial charge in [0, 0.05) is 6.07 Å². The van der Waals surface area contributed by atoms with E-state index < -0.39 is 34.4 Å². The molecule has 0 radical (unpaired) electrons. The Labute approximate surface area is 150 Å². The van der Waals surface area contributed by atoms with E-state index in [4.69, 9.17) is 9.47 Å². The summed E-state index contributed by atoms with van der Waals surface area (Å²) in [4.78, 5) is 22.2. The summed E-state index contributed by atoms with van der Waals surface area (Å²) in [7, 11) is 0. The van der Waals surface area contributed by atoms with E-state index in [0.717, 1.165) is 6.07 Å². The van der Waals surface area contributed by atoms with Crippen molar-refractivity contribution in [2.24, 2.45) is 0 Å². The minimum atomic E-state index is -4.73. The van der Waals surface area contributed by atoms with E-state index in [1.165, 1.54) is 0 Å². The van der Waals surface area contributed by atoms with E-state index in [1.54, 1.807) is 24.3 Å². The van der Waals surface area contributed by atoms with Gasteiger partial charge in [0.25, 0.3) is 11.6 Å². The molecule has 1 amide bonds. The highest BCUT2D eigenvalue weighted by molar-refractivity contribution is 5.83. The fourth-order valence-corrected chi connectivity index (χ4v) is 2.32. The predicted octanol–water partition coefficient (Wildman–Crippen LogP) is 2.90. The normalized spacial score (nSPS) is 15.7.